The molecule has 0 amide bonds. The lowest BCUT2D eigenvalue weighted by Gasteiger charge is -2.10. The normalized spacial score (nSPS) is 9.89. The van der Waals surface area contributed by atoms with Crippen molar-refractivity contribution in [3.8, 4) is 17.6 Å². The predicted molar refractivity (Wildman–Crippen MR) is 75.4 cm³/mol. The van der Waals surface area contributed by atoms with Gasteiger partial charge in [0.25, 0.3) is 0 Å². The Balaban J connectivity index is 2.44. The van der Waals surface area contributed by atoms with Gasteiger partial charge in [0.1, 0.15) is 23.1 Å². The van der Waals surface area contributed by atoms with E-state index in [0.717, 1.165) is 0 Å². The third-order valence-electron chi connectivity index (χ3n) is 2.20. The highest BCUT2D eigenvalue weighted by Crippen LogP contribution is 2.35. The second-order valence-electron chi connectivity index (χ2n) is 3.40. The second kappa shape index (κ2) is 5.62. The quantitative estimate of drug-likeness (QED) is 0.730. The molecule has 0 fully saturated rings. The van der Waals surface area contributed by atoms with Crippen molar-refractivity contribution in [1.82, 2.24) is 0 Å². The summed E-state index contributed by atoms with van der Waals surface area (Å²) in [4.78, 5) is 0. The van der Waals surface area contributed by atoms with Crippen LogP contribution in [0.25, 0.3) is 0 Å². The van der Waals surface area contributed by atoms with E-state index in [9.17, 15) is 0 Å². The van der Waals surface area contributed by atoms with Crippen LogP contribution in [0, 0.1) is 11.3 Å². The van der Waals surface area contributed by atoms with Crippen molar-refractivity contribution in [2.24, 2.45) is 0 Å². The summed E-state index contributed by atoms with van der Waals surface area (Å²) in [6.07, 6.45) is 0. The van der Waals surface area contributed by atoms with Gasteiger partial charge in [-0.2, -0.15) is 5.26 Å². The molecular weight excluding hydrogens is 337 g/mol. The lowest BCUT2D eigenvalue weighted by atomic mass is 10.2. The molecule has 0 saturated heterocycles. The first-order valence-electron chi connectivity index (χ1n) is 4.93. The van der Waals surface area contributed by atoms with Crippen LogP contribution in [0.3, 0.4) is 0 Å². The van der Waals surface area contributed by atoms with E-state index in [1.54, 1.807) is 36.4 Å². The van der Waals surface area contributed by atoms with Crippen LogP contribution in [0.1, 0.15) is 5.56 Å². The molecule has 0 unspecified atom stereocenters. The minimum atomic E-state index is 0.411. The lowest BCUT2D eigenvalue weighted by Crippen LogP contribution is -1.90. The summed E-state index contributed by atoms with van der Waals surface area (Å²) in [6, 6.07) is 12.2. The van der Waals surface area contributed by atoms with Gasteiger partial charge < -0.3 is 4.74 Å². The Labute approximate surface area is 123 Å². The fraction of sp³-hybridized carbons (Fsp3) is 0. The minimum absolute atomic E-state index is 0.411. The van der Waals surface area contributed by atoms with Crippen molar-refractivity contribution in [1.29, 1.82) is 5.26 Å². The average molecular weight is 343 g/mol. The fourth-order valence-electron chi connectivity index (χ4n) is 1.37. The number of benzene rings is 2. The van der Waals surface area contributed by atoms with Crippen LogP contribution in [0.5, 0.6) is 11.5 Å². The highest BCUT2D eigenvalue weighted by atomic mass is 79.9. The molecule has 90 valence electrons. The van der Waals surface area contributed by atoms with E-state index < -0.39 is 0 Å². The predicted octanol–water partition coefficient (Wildman–Crippen LogP) is 5.42. The van der Waals surface area contributed by atoms with Crippen molar-refractivity contribution in [3.05, 3.63) is 56.5 Å². The van der Waals surface area contributed by atoms with E-state index in [-0.39, 0.29) is 0 Å². The Morgan fingerprint density at radius 2 is 1.89 bits per heavy atom. The summed E-state index contributed by atoms with van der Waals surface area (Å²) in [5.74, 6) is 0.842. The molecular formula is C13H6BrCl2NO. The largest absolute Gasteiger partial charge is 0.454 e. The van der Waals surface area contributed by atoms with Crippen molar-refractivity contribution in [2.75, 3.05) is 0 Å². The van der Waals surface area contributed by atoms with E-state index in [1.807, 2.05) is 0 Å². The molecule has 2 rings (SSSR count). The Hall–Kier alpha value is -1.21. The Bertz CT molecular complexity index is 637. The van der Waals surface area contributed by atoms with Gasteiger partial charge in [-0.25, -0.2) is 0 Å². The summed E-state index contributed by atoms with van der Waals surface area (Å²) in [5, 5.41) is 10.0. The number of ether oxygens (including phenoxy) is 1. The van der Waals surface area contributed by atoms with Crippen molar-refractivity contribution < 1.29 is 4.74 Å². The zero-order valence-electron chi connectivity index (χ0n) is 8.95. The third kappa shape index (κ3) is 2.78. The first-order chi connectivity index (χ1) is 8.61. The Morgan fingerprint density at radius 3 is 2.61 bits per heavy atom. The van der Waals surface area contributed by atoms with Gasteiger partial charge in [0.15, 0.2) is 0 Å². The minimum Gasteiger partial charge on any atom is -0.454 e. The van der Waals surface area contributed by atoms with Gasteiger partial charge in [0.2, 0.25) is 0 Å². The zero-order valence-corrected chi connectivity index (χ0v) is 12.1. The van der Waals surface area contributed by atoms with Crippen molar-refractivity contribution in [2.45, 2.75) is 0 Å². The molecule has 18 heavy (non-hydrogen) atoms. The molecule has 0 aromatic heterocycles. The number of nitrogens with zero attached hydrogens (tertiary/aromatic N) is 1. The SMILES string of the molecule is N#Cc1c(Br)cccc1Oc1cc(Cl)ccc1Cl. The molecule has 0 atom stereocenters. The van der Waals surface area contributed by atoms with Crippen LogP contribution in [0.15, 0.2) is 40.9 Å². The van der Waals surface area contributed by atoms with Gasteiger partial charge in [0, 0.05) is 15.6 Å². The summed E-state index contributed by atoms with van der Waals surface area (Å²) >= 11 is 15.2. The third-order valence-corrected chi connectivity index (χ3v) is 3.41. The summed E-state index contributed by atoms with van der Waals surface area (Å²) in [7, 11) is 0. The molecule has 0 aliphatic rings. The number of rotatable bonds is 2. The molecule has 2 nitrogen and oxygen atoms in total. The van der Waals surface area contributed by atoms with Crippen molar-refractivity contribution in [3.63, 3.8) is 0 Å². The fourth-order valence-corrected chi connectivity index (χ4v) is 2.13. The maximum Gasteiger partial charge on any atom is 0.147 e. The van der Waals surface area contributed by atoms with E-state index in [1.165, 1.54) is 0 Å². The van der Waals surface area contributed by atoms with Crippen LogP contribution in [0.4, 0.5) is 0 Å². The van der Waals surface area contributed by atoms with E-state index in [0.29, 0.717) is 31.6 Å². The molecule has 0 saturated carbocycles. The Kier molecular flexibility index (Phi) is 4.13. The highest BCUT2D eigenvalue weighted by Gasteiger charge is 2.10. The summed E-state index contributed by atoms with van der Waals surface area (Å²) in [6.45, 7) is 0. The maximum absolute atomic E-state index is 9.08. The van der Waals surface area contributed by atoms with Gasteiger partial charge >= 0.3 is 0 Å². The van der Waals surface area contributed by atoms with Gasteiger partial charge in [-0.1, -0.05) is 29.3 Å². The molecule has 0 spiro atoms. The van der Waals surface area contributed by atoms with E-state index in [2.05, 4.69) is 22.0 Å². The average Bonchev–Trinajstić information content (AvgIpc) is 2.34. The van der Waals surface area contributed by atoms with Crippen molar-refractivity contribution >= 4 is 39.1 Å². The van der Waals surface area contributed by atoms with Crippen LogP contribution >= 0.6 is 39.1 Å². The molecule has 5 heteroatoms. The second-order valence-corrected chi connectivity index (χ2v) is 5.10. The van der Waals surface area contributed by atoms with Gasteiger partial charge in [-0.3, -0.25) is 0 Å². The van der Waals surface area contributed by atoms with Crippen LogP contribution < -0.4 is 4.74 Å². The molecule has 2 aromatic rings. The van der Waals surface area contributed by atoms with Gasteiger partial charge in [-0.15, -0.1) is 0 Å². The maximum atomic E-state index is 9.08. The summed E-state index contributed by atoms with van der Waals surface area (Å²) in [5.41, 5.74) is 0.411. The van der Waals surface area contributed by atoms with Gasteiger partial charge in [0.05, 0.1) is 5.02 Å². The standard InChI is InChI=1S/C13H6BrCl2NO/c14-10-2-1-3-12(9(10)7-17)18-13-6-8(15)4-5-11(13)16/h1-6H. The summed E-state index contributed by atoms with van der Waals surface area (Å²) < 4.78 is 6.29. The van der Waals surface area contributed by atoms with E-state index in [4.69, 9.17) is 33.2 Å². The number of halogens is 3. The number of nitriles is 1. The topological polar surface area (TPSA) is 33.0 Å². The monoisotopic (exact) mass is 341 g/mol. The first-order valence-corrected chi connectivity index (χ1v) is 6.48. The van der Waals surface area contributed by atoms with Crippen LogP contribution in [-0.4, -0.2) is 0 Å². The molecule has 0 bridgehead atoms. The number of hydrogen-bond donors (Lipinski definition) is 0. The molecule has 2 aromatic carbocycles. The van der Waals surface area contributed by atoms with E-state index >= 15 is 0 Å². The van der Waals surface area contributed by atoms with Crippen LogP contribution in [0.2, 0.25) is 10.0 Å². The number of hydrogen-bond acceptors (Lipinski definition) is 2. The van der Waals surface area contributed by atoms with Gasteiger partial charge in [-0.05, 0) is 40.2 Å². The highest BCUT2D eigenvalue weighted by molar-refractivity contribution is 9.10. The molecule has 0 heterocycles. The van der Waals surface area contributed by atoms with Crippen LogP contribution in [-0.2, 0) is 0 Å². The molecule has 0 aliphatic carbocycles. The zero-order chi connectivity index (χ0) is 13.1. The lowest BCUT2D eigenvalue weighted by molar-refractivity contribution is 0.481. The first kappa shape index (κ1) is 13.2. The molecule has 0 radical (unpaired) electrons. The smallest absolute Gasteiger partial charge is 0.147 e. The Morgan fingerprint density at radius 1 is 1.11 bits per heavy atom. The molecule has 0 aliphatic heterocycles. The molecule has 0 N–H and O–H groups in total.